The number of nitrogens with zero attached hydrogens (tertiary/aromatic N) is 3. The maximum absolute atomic E-state index is 14.4. The van der Waals surface area contributed by atoms with Gasteiger partial charge in [-0.15, -0.1) is 0 Å². The summed E-state index contributed by atoms with van der Waals surface area (Å²) in [6.07, 6.45) is 1.04. The number of rotatable bonds is 23. The smallest absolute Gasteiger partial charge is 0.245 e. The minimum absolute atomic E-state index is 0.00127. The summed E-state index contributed by atoms with van der Waals surface area (Å²) >= 11 is 0. The Morgan fingerprint density at radius 1 is 0.820 bits per heavy atom. The van der Waals surface area contributed by atoms with Gasteiger partial charge < -0.3 is 41.0 Å². The second kappa shape index (κ2) is 24.2. The molecule has 1 aliphatic heterocycles. The summed E-state index contributed by atoms with van der Waals surface area (Å²) in [6, 6.07) is 13.8. The normalized spacial score (nSPS) is 18.1. The Morgan fingerprint density at radius 2 is 1.46 bits per heavy atom. The molecule has 0 aromatic heterocycles. The van der Waals surface area contributed by atoms with Crippen LogP contribution in [0.4, 0.5) is 5.69 Å². The van der Waals surface area contributed by atoms with E-state index in [0.717, 1.165) is 24.0 Å². The third kappa shape index (κ3) is 14.0. The average molecular weight is 850 g/mol. The highest BCUT2D eigenvalue weighted by Gasteiger charge is 2.43. The quantitative estimate of drug-likeness (QED) is 0.119. The maximum Gasteiger partial charge on any atom is 0.245 e. The minimum atomic E-state index is -0.863. The van der Waals surface area contributed by atoms with Crippen LogP contribution in [0.2, 0.25) is 0 Å². The Balaban J connectivity index is 1.79. The number of amides is 5. The molecule has 5 N–H and O–H groups in total. The fourth-order valence-corrected chi connectivity index (χ4v) is 8.72. The third-order valence-corrected chi connectivity index (χ3v) is 12.3. The zero-order chi connectivity index (χ0) is 45.6. The van der Waals surface area contributed by atoms with Crippen molar-refractivity contribution in [1.82, 2.24) is 30.7 Å². The van der Waals surface area contributed by atoms with Gasteiger partial charge in [-0.05, 0) is 68.0 Å². The minimum Gasteiger partial charge on any atom is -0.399 e. The van der Waals surface area contributed by atoms with Crippen LogP contribution in [0.5, 0.6) is 0 Å². The number of nitrogens with one attached hydrogen (secondary N) is 3. The largest absolute Gasteiger partial charge is 0.399 e. The first-order chi connectivity index (χ1) is 28.9. The van der Waals surface area contributed by atoms with Crippen LogP contribution in [-0.2, 0) is 46.4 Å². The molecule has 2 aromatic rings. The highest BCUT2D eigenvalue weighted by molar-refractivity contribution is 5.90. The lowest BCUT2D eigenvalue weighted by Crippen LogP contribution is -2.59. The van der Waals surface area contributed by atoms with E-state index < -0.39 is 48.3 Å². The Hall–Kier alpha value is -4.53. The fourth-order valence-electron chi connectivity index (χ4n) is 8.72. The molecule has 0 bridgehead atoms. The van der Waals surface area contributed by atoms with Crippen molar-refractivity contribution in [3.63, 3.8) is 0 Å². The van der Waals surface area contributed by atoms with E-state index in [1.807, 2.05) is 103 Å². The second-order valence-electron chi connectivity index (χ2n) is 17.7. The molecule has 2 aromatic carbocycles. The van der Waals surface area contributed by atoms with Crippen molar-refractivity contribution in [2.75, 3.05) is 47.6 Å². The topological polar surface area (TPSA) is 176 Å². The van der Waals surface area contributed by atoms with Crippen molar-refractivity contribution in [2.24, 2.45) is 23.7 Å². The molecule has 5 amide bonds. The van der Waals surface area contributed by atoms with Gasteiger partial charge in [-0.1, -0.05) is 97.4 Å². The number of carbonyl (C=O) groups excluding carboxylic acids is 5. The van der Waals surface area contributed by atoms with Crippen molar-refractivity contribution in [1.29, 1.82) is 0 Å². The van der Waals surface area contributed by atoms with Gasteiger partial charge in [0.25, 0.3) is 0 Å². The van der Waals surface area contributed by atoms with Crippen LogP contribution in [0.3, 0.4) is 0 Å². The number of ether oxygens (including phenoxy) is 2. The van der Waals surface area contributed by atoms with E-state index >= 15 is 0 Å². The number of hydrogen-bond acceptors (Lipinski definition) is 9. The standard InChI is InChI=1S/C47H75N7O7/c1-13-31(6)42(53(10)47(59)40(29(2)3)51-46(58)41(30(4)5)52(8)9)38(60-11)27-39(55)54-25-17-20-37(54)43(61-12)32(7)44(56)50-36(26-33-18-15-14-16-19-33)45(57)49-28-34-21-23-35(48)24-22-34/h14-16,18-19,21-24,29-32,36-38,40-43H,13,17,20,25-28,48H2,1-12H3,(H,49,57)(H,50,56)(H,51,58)/t31-,32+,36+,37-,38+,40-,41-,42-,43+/m0/s1. The predicted octanol–water partition coefficient (Wildman–Crippen LogP) is 4.26. The molecule has 0 unspecified atom stereocenters. The molecule has 0 spiro atoms. The number of likely N-dealkylation sites (N-methyl/N-ethyl adjacent to an activating group) is 2. The highest BCUT2D eigenvalue weighted by Crippen LogP contribution is 2.30. The zero-order valence-corrected chi connectivity index (χ0v) is 38.8. The number of carbonyl (C=O) groups is 5. The first kappa shape index (κ1) is 50.8. The van der Waals surface area contributed by atoms with Crippen LogP contribution in [0.15, 0.2) is 54.6 Å². The number of hydrogen-bond donors (Lipinski definition) is 4. The lowest BCUT2D eigenvalue weighted by atomic mass is 9.89. The predicted molar refractivity (Wildman–Crippen MR) is 240 cm³/mol. The van der Waals surface area contributed by atoms with E-state index in [1.54, 1.807) is 50.1 Å². The molecule has 14 heteroatoms. The van der Waals surface area contributed by atoms with Crippen LogP contribution in [0.25, 0.3) is 0 Å². The van der Waals surface area contributed by atoms with E-state index in [2.05, 4.69) is 16.0 Å². The molecule has 1 fully saturated rings. The van der Waals surface area contributed by atoms with E-state index in [9.17, 15) is 24.0 Å². The van der Waals surface area contributed by atoms with Gasteiger partial charge in [-0.2, -0.15) is 0 Å². The van der Waals surface area contributed by atoms with E-state index in [0.29, 0.717) is 18.7 Å². The van der Waals surface area contributed by atoms with Gasteiger partial charge in [-0.3, -0.25) is 28.9 Å². The number of methoxy groups -OCH3 is 2. The van der Waals surface area contributed by atoms with Crippen molar-refractivity contribution < 1.29 is 33.4 Å². The van der Waals surface area contributed by atoms with Gasteiger partial charge >= 0.3 is 0 Å². The van der Waals surface area contributed by atoms with E-state index in [4.69, 9.17) is 15.2 Å². The molecule has 1 saturated heterocycles. The van der Waals surface area contributed by atoms with Crippen LogP contribution >= 0.6 is 0 Å². The first-order valence-corrected chi connectivity index (χ1v) is 21.9. The number of nitrogens with two attached hydrogens (primary N) is 1. The summed E-state index contributed by atoms with van der Waals surface area (Å²) in [7, 11) is 8.53. The van der Waals surface area contributed by atoms with Gasteiger partial charge in [0.05, 0.1) is 42.7 Å². The van der Waals surface area contributed by atoms with Gasteiger partial charge in [0, 0.05) is 46.5 Å². The second-order valence-corrected chi connectivity index (χ2v) is 17.7. The molecule has 0 saturated carbocycles. The molecule has 61 heavy (non-hydrogen) atoms. The molecule has 3 rings (SSSR count). The molecule has 9 atom stereocenters. The van der Waals surface area contributed by atoms with E-state index in [-0.39, 0.29) is 66.7 Å². The molecular weight excluding hydrogens is 775 g/mol. The van der Waals surface area contributed by atoms with Gasteiger partial charge in [0.2, 0.25) is 29.5 Å². The molecule has 340 valence electrons. The SMILES string of the molecule is CC[C@H](C)[C@@H]([C@@H](CC(=O)N1CCC[C@H]1[C@H](OC)[C@@H](C)C(=O)N[C@H](Cc1ccccc1)C(=O)NCc1ccc(N)cc1)OC)N(C)C(=O)[C@@H](NC(=O)[C@H](C(C)C)N(C)C)C(C)C. The molecule has 1 aliphatic rings. The lowest BCUT2D eigenvalue weighted by Gasteiger charge is -2.41. The van der Waals surface area contributed by atoms with Gasteiger partial charge in [0.15, 0.2) is 0 Å². The van der Waals surface area contributed by atoms with Crippen molar-refractivity contribution in [2.45, 2.75) is 130 Å². The van der Waals surface area contributed by atoms with Crippen molar-refractivity contribution in [3.05, 3.63) is 65.7 Å². The van der Waals surface area contributed by atoms with Gasteiger partial charge in [-0.25, -0.2) is 0 Å². The van der Waals surface area contributed by atoms with Crippen molar-refractivity contribution >= 4 is 35.2 Å². The Labute approximate surface area is 365 Å². The molecule has 0 radical (unpaired) electrons. The Morgan fingerprint density at radius 3 is 2.00 bits per heavy atom. The molecule has 14 nitrogen and oxygen atoms in total. The third-order valence-electron chi connectivity index (χ3n) is 12.3. The molecule has 1 heterocycles. The zero-order valence-electron chi connectivity index (χ0n) is 38.8. The Bertz CT molecular complexity index is 1700. The molecular formula is C47H75N7O7. The molecule has 0 aliphatic carbocycles. The fraction of sp³-hybridized carbons (Fsp3) is 0.638. The average Bonchev–Trinajstić information content (AvgIpc) is 3.71. The summed E-state index contributed by atoms with van der Waals surface area (Å²) in [5, 5.41) is 9.00. The summed E-state index contributed by atoms with van der Waals surface area (Å²) in [5.41, 5.74) is 8.23. The monoisotopic (exact) mass is 850 g/mol. The van der Waals surface area contributed by atoms with E-state index in [1.165, 1.54) is 0 Å². The number of benzene rings is 2. The number of nitrogen functional groups attached to an aromatic ring is 1. The van der Waals surface area contributed by atoms with Crippen LogP contribution in [-0.4, -0.2) is 129 Å². The summed E-state index contributed by atoms with van der Waals surface area (Å²) in [6.45, 7) is 14.4. The summed E-state index contributed by atoms with van der Waals surface area (Å²) < 4.78 is 12.1. The number of anilines is 1. The van der Waals surface area contributed by atoms with Crippen LogP contribution in [0.1, 0.15) is 85.3 Å². The summed E-state index contributed by atoms with van der Waals surface area (Å²) in [5.74, 6) is -2.22. The van der Waals surface area contributed by atoms with Gasteiger partial charge in [0.1, 0.15) is 12.1 Å². The van der Waals surface area contributed by atoms with Crippen LogP contribution < -0.4 is 21.7 Å². The number of likely N-dealkylation sites (tertiary alicyclic amines) is 1. The lowest BCUT2D eigenvalue weighted by molar-refractivity contribution is -0.148. The summed E-state index contributed by atoms with van der Waals surface area (Å²) in [4.78, 5) is 75.2. The highest BCUT2D eigenvalue weighted by atomic mass is 16.5. The van der Waals surface area contributed by atoms with Crippen molar-refractivity contribution in [3.8, 4) is 0 Å². The first-order valence-electron chi connectivity index (χ1n) is 21.9. The Kier molecular flexibility index (Phi) is 20.2. The van der Waals surface area contributed by atoms with Crippen LogP contribution in [0, 0.1) is 23.7 Å². The maximum atomic E-state index is 14.4.